The molecule has 0 amide bonds. The van der Waals surface area contributed by atoms with Gasteiger partial charge < -0.3 is 9.47 Å². The summed E-state index contributed by atoms with van der Waals surface area (Å²) < 4.78 is 38.3. The van der Waals surface area contributed by atoms with Crippen molar-refractivity contribution in [2.24, 2.45) is 0 Å². The van der Waals surface area contributed by atoms with E-state index in [0.29, 0.717) is 30.4 Å². The smallest absolute Gasteiger partial charge is 0.262 e. The molecule has 0 radical (unpaired) electrons. The number of fused-ring (bicyclic) bond motifs is 1. The van der Waals surface area contributed by atoms with Crippen LogP contribution >= 0.6 is 0 Å². The second kappa shape index (κ2) is 5.29. The maximum atomic E-state index is 12.4. The molecule has 0 atom stereocenters. The quantitative estimate of drug-likeness (QED) is 0.946. The second-order valence-corrected chi connectivity index (χ2v) is 6.41. The van der Waals surface area contributed by atoms with Crippen molar-refractivity contribution in [3.05, 3.63) is 48.0 Å². The summed E-state index contributed by atoms with van der Waals surface area (Å²) in [5.74, 6) is 1.02. The zero-order valence-corrected chi connectivity index (χ0v) is 12.3. The second-order valence-electron chi connectivity index (χ2n) is 4.73. The average Bonchev–Trinajstić information content (AvgIpc) is 2.49. The summed E-state index contributed by atoms with van der Waals surface area (Å²) in [6.07, 6.45) is 0. The molecule has 0 aromatic heterocycles. The van der Waals surface area contributed by atoms with Crippen LogP contribution in [-0.4, -0.2) is 21.6 Å². The highest BCUT2D eigenvalue weighted by atomic mass is 32.2. The molecule has 0 unspecified atom stereocenters. The molecule has 0 spiro atoms. The molecule has 0 aliphatic carbocycles. The molecule has 5 nitrogen and oxygen atoms in total. The number of aryl methyl sites for hydroxylation is 1. The van der Waals surface area contributed by atoms with Crippen molar-refractivity contribution in [2.75, 3.05) is 17.9 Å². The summed E-state index contributed by atoms with van der Waals surface area (Å²) in [7, 11) is -3.65. The van der Waals surface area contributed by atoms with E-state index in [0.717, 1.165) is 5.56 Å². The first-order valence-electron chi connectivity index (χ1n) is 6.54. The van der Waals surface area contributed by atoms with Gasteiger partial charge >= 0.3 is 0 Å². The van der Waals surface area contributed by atoms with E-state index in [2.05, 4.69) is 4.72 Å². The Morgan fingerprint density at radius 1 is 1.00 bits per heavy atom. The number of anilines is 1. The molecule has 0 saturated carbocycles. The number of para-hydroxylation sites is 1. The van der Waals surface area contributed by atoms with Crippen molar-refractivity contribution in [2.45, 2.75) is 11.8 Å². The fraction of sp³-hybridized carbons (Fsp3) is 0.200. The van der Waals surface area contributed by atoms with Gasteiger partial charge in [-0.25, -0.2) is 8.42 Å². The van der Waals surface area contributed by atoms with Gasteiger partial charge in [0.2, 0.25) is 0 Å². The number of rotatable bonds is 3. The van der Waals surface area contributed by atoms with E-state index < -0.39 is 10.0 Å². The lowest BCUT2D eigenvalue weighted by atomic mass is 10.2. The SMILES string of the molecule is Cc1ccccc1NS(=O)(=O)c1ccc2c(c1)OCCO2. The van der Waals surface area contributed by atoms with Gasteiger partial charge in [0.25, 0.3) is 10.0 Å². The summed E-state index contributed by atoms with van der Waals surface area (Å²) in [4.78, 5) is 0.148. The minimum Gasteiger partial charge on any atom is -0.486 e. The van der Waals surface area contributed by atoms with Gasteiger partial charge in [0, 0.05) is 6.07 Å². The highest BCUT2D eigenvalue weighted by molar-refractivity contribution is 7.92. The van der Waals surface area contributed by atoms with Crippen molar-refractivity contribution in [1.29, 1.82) is 0 Å². The van der Waals surface area contributed by atoms with Gasteiger partial charge in [0.1, 0.15) is 13.2 Å². The van der Waals surface area contributed by atoms with E-state index in [1.54, 1.807) is 18.2 Å². The highest BCUT2D eigenvalue weighted by Crippen LogP contribution is 2.32. The standard InChI is InChI=1S/C15H15NO4S/c1-11-4-2-3-5-13(11)16-21(17,18)12-6-7-14-15(10-12)20-9-8-19-14/h2-7,10,16H,8-9H2,1H3. The maximum Gasteiger partial charge on any atom is 0.262 e. The molecule has 1 heterocycles. The van der Waals surface area contributed by atoms with Gasteiger partial charge in [-0.15, -0.1) is 0 Å². The minimum absolute atomic E-state index is 0.148. The van der Waals surface area contributed by atoms with E-state index in [9.17, 15) is 8.42 Å². The van der Waals surface area contributed by atoms with Gasteiger partial charge in [0.05, 0.1) is 10.6 Å². The van der Waals surface area contributed by atoms with Gasteiger partial charge in [-0.2, -0.15) is 0 Å². The van der Waals surface area contributed by atoms with E-state index in [4.69, 9.17) is 9.47 Å². The molecule has 3 rings (SSSR count). The zero-order chi connectivity index (χ0) is 14.9. The molecule has 6 heteroatoms. The van der Waals surface area contributed by atoms with Gasteiger partial charge in [-0.3, -0.25) is 4.72 Å². The van der Waals surface area contributed by atoms with Crippen LogP contribution in [0.25, 0.3) is 0 Å². The molecular formula is C15H15NO4S. The Morgan fingerprint density at radius 3 is 2.48 bits per heavy atom. The molecule has 2 aromatic rings. The first-order valence-corrected chi connectivity index (χ1v) is 8.03. The number of hydrogen-bond donors (Lipinski definition) is 1. The molecule has 0 fully saturated rings. The van der Waals surface area contributed by atoms with Crippen molar-refractivity contribution < 1.29 is 17.9 Å². The summed E-state index contributed by atoms with van der Waals surface area (Å²) in [5.41, 5.74) is 1.42. The summed E-state index contributed by atoms with van der Waals surface area (Å²) in [5, 5.41) is 0. The van der Waals surface area contributed by atoms with Gasteiger partial charge in [-0.1, -0.05) is 18.2 Å². The lowest BCUT2D eigenvalue weighted by molar-refractivity contribution is 0.171. The van der Waals surface area contributed by atoms with Crippen LogP contribution in [0, 0.1) is 6.92 Å². The maximum absolute atomic E-state index is 12.4. The molecule has 110 valence electrons. The summed E-state index contributed by atoms with van der Waals surface area (Å²) in [6.45, 7) is 2.74. The molecule has 1 N–H and O–H groups in total. The minimum atomic E-state index is -3.65. The number of sulfonamides is 1. The topological polar surface area (TPSA) is 64.6 Å². The Morgan fingerprint density at radius 2 is 1.71 bits per heavy atom. The van der Waals surface area contributed by atoms with Gasteiger partial charge in [0.15, 0.2) is 11.5 Å². The molecule has 21 heavy (non-hydrogen) atoms. The molecule has 2 aromatic carbocycles. The van der Waals surface area contributed by atoms with Crippen LogP contribution in [0.3, 0.4) is 0 Å². The highest BCUT2D eigenvalue weighted by Gasteiger charge is 2.19. The van der Waals surface area contributed by atoms with Crippen molar-refractivity contribution >= 4 is 15.7 Å². The van der Waals surface area contributed by atoms with Crippen LogP contribution in [0.5, 0.6) is 11.5 Å². The largest absolute Gasteiger partial charge is 0.486 e. The lowest BCUT2D eigenvalue weighted by Gasteiger charge is -2.19. The molecular weight excluding hydrogens is 290 g/mol. The molecule has 1 aliphatic heterocycles. The number of ether oxygens (including phenoxy) is 2. The van der Waals surface area contributed by atoms with Crippen molar-refractivity contribution in [1.82, 2.24) is 0 Å². The van der Waals surface area contributed by atoms with Crippen LogP contribution in [0.2, 0.25) is 0 Å². The zero-order valence-electron chi connectivity index (χ0n) is 11.5. The van der Waals surface area contributed by atoms with E-state index >= 15 is 0 Å². The first-order chi connectivity index (χ1) is 10.1. The summed E-state index contributed by atoms with van der Waals surface area (Å²) >= 11 is 0. The van der Waals surface area contributed by atoms with Crippen LogP contribution in [0.1, 0.15) is 5.56 Å². The average molecular weight is 305 g/mol. The van der Waals surface area contributed by atoms with Crippen LogP contribution in [-0.2, 0) is 10.0 Å². The van der Waals surface area contributed by atoms with Crippen molar-refractivity contribution in [3.8, 4) is 11.5 Å². The fourth-order valence-electron chi connectivity index (χ4n) is 2.08. The van der Waals surface area contributed by atoms with E-state index in [1.165, 1.54) is 12.1 Å². The van der Waals surface area contributed by atoms with Gasteiger partial charge in [-0.05, 0) is 30.7 Å². The van der Waals surface area contributed by atoms with Crippen molar-refractivity contribution in [3.63, 3.8) is 0 Å². The number of hydrogen-bond acceptors (Lipinski definition) is 4. The third kappa shape index (κ3) is 2.80. The Kier molecular flexibility index (Phi) is 3.47. The predicted molar refractivity (Wildman–Crippen MR) is 79.4 cm³/mol. The fourth-order valence-corrected chi connectivity index (χ4v) is 3.23. The Balaban J connectivity index is 1.93. The Hall–Kier alpha value is -2.21. The Bertz CT molecular complexity index is 771. The molecule has 1 aliphatic rings. The molecule has 0 bridgehead atoms. The molecule has 0 saturated heterocycles. The number of benzene rings is 2. The first kappa shape index (κ1) is 13.8. The summed E-state index contributed by atoms with van der Waals surface area (Å²) in [6, 6.07) is 11.8. The van der Waals surface area contributed by atoms with Crippen LogP contribution in [0.15, 0.2) is 47.4 Å². The van der Waals surface area contributed by atoms with Crippen LogP contribution in [0.4, 0.5) is 5.69 Å². The lowest BCUT2D eigenvalue weighted by Crippen LogP contribution is -2.17. The van der Waals surface area contributed by atoms with E-state index in [1.807, 2.05) is 19.1 Å². The third-order valence-electron chi connectivity index (χ3n) is 3.21. The normalized spacial score (nSPS) is 13.8. The monoisotopic (exact) mass is 305 g/mol. The number of nitrogens with one attached hydrogen (secondary N) is 1. The van der Waals surface area contributed by atoms with Crippen LogP contribution < -0.4 is 14.2 Å². The third-order valence-corrected chi connectivity index (χ3v) is 4.58. The predicted octanol–water partition coefficient (Wildman–Crippen LogP) is 2.57. The Labute approximate surface area is 123 Å². The van der Waals surface area contributed by atoms with E-state index in [-0.39, 0.29) is 4.90 Å².